The highest BCUT2D eigenvalue weighted by Crippen LogP contribution is 2.30. The number of halogens is 3. The lowest BCUT2D eigenvalue weighted by Gasteiger charge is -2.22. The van der Waals surface area contributed by atoms with Gasteiger partial charge in [-0.2, -0.15) is 13.2 Å². The van der Waals surface area contributed by atoms with Gasteiger partial charge in [-0.3, -0.25) is 0 Å². The summed E-state index contributed by atoms with van der Waals surface area (Å²) < 4.78 is 51.9. The molecule has 1 N–H and O–H groups in total. The zero-order valence-electron chi connectivity index (χ0n) is 16.7. The first-order valence-electron chi connectivity index (χ1n) is 9.72. The summed E-state index contributed by atoms with van der Waals surface area (Å²) in [6.07, 6.45) is -4.42. The van der Waals surface area contributed by atoms with Crippen molar-refractivity contribution in [2.75, 3.05) is 32.9 Å². The van der Waals surface area contributed by atoms with E-state index in [2.05, 4.69) is 4.74 Å². The molecule has 1 unspecified atom stereocenters. The Hall–Kier alpha value is -2.49. The Morgan fingerprint density at radius 1 is 1.23 bits per heavy atom. The van der Waals surface area contributed by atoms with E-state index < -0.39 is 30.9 Å². The number of carboxylic acid groups (broad SMARTS) is 1. The number of rotatable bonds is 12. The molecule has 1 aliphatic carbocycles. The number of nitrogens with zero attached hydrogens (tertiary/aromatic N) is 1. The molecule has 10 heteroatoms. The number of carboxylic acids is 1. The van der Waals surface area contributed by atoms with Crippen LogP contribution in [0, 0.1) is 5.92 Å². The van der Waals surface area contributed by atoms with Crippen molar-refractivity contribution in [2.45, 2.75) is 38.5 Å². The van der Waals surface area contributed by atoms with Gasteiger partial charge in [-0.1, -0.05) is 12.1 Å². The first-order chi connectivity index (χ1) is 14.2. The van der Waals surface area contributed by atoms with Crippen molar-refractivity contribution in [1.82, 2.24) is 4.90 Å². The third-order valence-electron chi connectivity index (χ3n) is 4.41. The number of hydrogen-bond donors (Lipinski definition) is 1. The summed E-state index contributed by atoms with van der Waals surface area (Å²) in [5, 5.41) is 9.13. The van der Waals surface area contributed by atoms with Crippen molar-refractivity contribution < 1.29 is 42.1 Å². The van der Waals surface area contributed by atoms with Gasteiger partial charge in [0, 0.05) is 19.6 Å². The van der Waals surface area contributed by atoms with E-state index in [1.54, 1.807) is 31.2 Å². The number of carbonyl (C=O) groups is 2. The number of alkyl halides is 3. The highest BCUT2D eigenvalue weighted by atomic mass is 19.4. The number of carbonyl (C=O) groups excluding carboxylic acids is 1. The van der Waals surface area contributed by atoms with Crippen LogP contribution in [-0.4, -0.2) is 67.3 Å². The summed E-state index contributed by atoms with van der Waals surface area (Å²) in [7, 11) is 0. The Kier molecular flexibility index (Phi) is 8.76. The first-order valence-corrected chi connectivity index (χ1v) is 9.72. The molecule has 1 atom stereocenters. The second-order valence-corrected chi connectivity index (χ2v) is 7.04. The summed E-state index contributed by atoms with van der Waals surface area (Å²) in [4.78, 5) is 24.3. The molecule has 0 aliphatic heterocycles. The van der Waals surface area contributed by atoms with Gasteiger partial charge in [-0.05, 0) is 43.4 Å². The maximum Gasteiger partial charge on any atom is 0.422 e. The van der Waals surface area contributed by atoms with E-state index in [1.807, 2.05) is 0 Å². The minimum Gasteiger partial charge on any atom is -0.492 e. The molecule has 30 heavy (non-hydrogen) atoms. The number of ether oxygens (including phenoxy) is 3. The fraction of sp³-hybridized carbons (Fsp3) is 0.600. The van der Waals surface area contributed by atoms with Crippen LogP contribution in [0.15, 0.2) is 24.3 Å². The molecular formula is C20H26F3NO6. The van der Waals surface area contributed by atoms with Crippen molar-refractivity contribution in [1.29, 1.82) is 0 Å². The molecule has 0 aromatic heterocycles. The maximum atomic E-state index is 12.3. The summed E-state index contributed by atoms with van der Waals surface area (Å²) in [6, 6.07) is 6.74. The third-order valence-corrected chi connectivity index (χ3v) is 4.41. The van der Waals surface area contributed by atoms with Crippen molar-refractivity contribution in [2.24, 2.45) is 5.92 Å². The average Bonchev–Trinajstić information content (AvgIpc) is 3.49. The summed E-state index contributed by atoms with van der Waals surface area (Å²) >= 11 is 0. The molecular weight excluding hydrogens is 407 g/mol. The highest BCUT2D eigenvalue weighted by molar-refractivity contribution is 5.72. The normalized spacial score (nSPS) is 14.8. The van der Waals surface area contributed by atoms with E-state index in [1.165, 1.54) is 4.90 Å². The fourth-order valence-electron chi connectivity index (χ4n) is 2.73. The molecule has 0 spiro atoms. The molecule has 0 bridgehead atoms. The molecule has 1 aromatic carbocycles. The van der Waals surface area contributed by atoms with E-state index in [-0.39, 0.29) is 25.5 Å². The SMILES string of the molecule is CCOC(Cc1ccc(OCCN(CC2CC2)C(=O)OCC(F)(F)F)cc1)C(=O)O. The quantitative estimate of drug-likeness (QED) is 0.543. The molecule has 0 heterocycles. The summed E-state index contributed by atoms with van der Waals surface area (Å²) in [5.41, 5.74) is 0.759. The summed E-state index contributed by atoms with van der Waals surface area (Å²) in [5.74, 6) is -0.252. The number of aliphatic carboxylic acids is 1. The smallest absolute Gasteiger partial charge is 0.422 e. The lowest BCUT2D eigenvalue weighted by atomic mass is 10.1. The van der Waals surface area contributed by atoms with Crippen LogP contribution in [0.2, 0.25) is 0 Å². The molecule has 1 aliphatic rings. The van der Waals surface area contributed by atoms with Crippen LogP contribution >= 0.6 is 0 Å². The first kappa shape index (κ1) is 23.8. The van der Waals surface area contributed by atoms with Crippen LogP contribution in [0.5, 0.6) is 5.75 Å². The largest absolute Gasteiger partial charge is 0.492 e. The second kappa shape index (κ2) is 11.1. The van der Waals surface area contributed by atoms with Crippen molar-refractivity contribution in [3.05, 3.63) is 29.8 Å². The van der Waals surface area contributed by atoms with Gasteiger partial charge < -0.3 is 24.2 Å². The van der Waals surface area contributed by atoms with Gasteiger partial charge in [0.05, 0.1) is 6.54 Å². The Morgan fingerprint density at radius 2 is 1.90 bits per heavy atom. The Morgan fingerprint density at radius 3 is 2.43 bits per heavy atom. The lowest BCUT2D eigenvalue weighted by molar-refractivity contribution is -0.162. The molecule has 1 saturated carbocycles. The van der Waals surface area contributed by atoms with Gasteiger partial charge in [-0.25, -0.2) is 9.59 Å². The predicted molar refractivity (Wildman–Crippen MR) is 100 cm³/mol. The molecule has 7 nitrogen and oxygen atoms in total. The Labute approximate surface area is 172 Å². The molecule has 1 amide bonds. The minimum absolute atomic E-state index is 0.0872. The van der Waals surface area contributed by atoms with E-state index in [0.717, 1.165) is 18.4 Å². The highest BCUT2D eigenvalue weighted by Gasteiger charge is 2.32. The van der Waals surface area contributed by atoms with E-state index in [4.69, 9.17) is 14.6 Å². The maximum absolute atomic E-state index is 12.3. The van der Waals surface area contributed by atoms with Gasteiger partial charge in [-0.15, -0.1) is 0 Å². The van der Waals surface area contributed by atoms with Gasteiger partial charge in [0.1, 0.15) is 12.4 Å². The van der Waals surface area contributed by atoms with Crippen molar-refractivity contribution in [3.8, 4) is 5.75 Å². The topological polar surface area (TPSA) is 85.3 Å². The van der Waals surface area contributed by atoms with Crippen molar-refractivity contribution in [3.63, 3.8) is 0 Å². The zero-order valence-corrected chi connectivity index (χ0v) is 16.7. The van der Waals surface area contributed by atoms with Gasteiger partial charge in [0.2, 0.25) is 0 Å². The van der Waals surface area contributed by atoms with Gasteiger partial charge >= 0.3 is 18.2 Å². The van der Waals surface area contributed by atoms with Crippen LogP contribution in [-0.2, 0) is 20.7 Å². The number of hydrogen-bond acceptors (Lipinski definition) is 5. The lowest BCUT2D eigenvalue weighted by Crippen LogP contribution is -2.38. The number of benzene rings is 1. The van der Waals surface area contributed by atoms with Crippen LogP contribution < -0.4 is 4.74 Å². The predicted octanol–water partition coefficient (Wildman–Crippen LogP) is 3.51. The Bertz CT molecular complexity index is 691. The van der Waals surface area contributed by atoms with Gasteiger partial charge in [0.15, 0.2) is 12.7 Å². The molecule has 168 valence electrons. The molecule has 2 rings (SSSR count). The standard InChI is InChI=1S/C20H26F3NO6/c1-2-28-17(18(25)26)11-14-5-7-16(8-6-14)29-10-9-24(12-15-3-4-15)19(27)30-13-20(21,22)23/h5-8,15,17H,2-4,9-13H2,1H3,(H,25,26). The molecule has 0 saturated heterocycles. The zero-order chi connectivity index (χ0) is 22.1. The van der Waals surface area contributed by atoms with Crippen LogP contribution in [0.25, 0.3) is 0 Å². The molecule has 1 fully saturated rings. The van der Waals surface area contributed by atoms with E-state index in [9.17, 15) is 22.8 Å². The Balaban J connectivity index is 1.82. The van der Waals surface area contributed by atoms with Crippen LogP contribution in [0.4, 0.5) is 18.0 Å². The number of amides is 1. The van der Waals surface area contributed by atoms with Crippen LogP contribution in [0.1, 0.15) is 25.3 Å². The third kappa shape index (κ3) is 8.89. The molecule has 1 aromatic rings. The van der Waals surface area contributed by atoms with Crippen molar-refractivity contribution >= 4 is 12.1 Å². The minimum atomic E-state index is -4.57. The van der Waals surface area contributed by atoms with E-state index in [0.29, 0.717) is 18.9 Å². The molecule has 0 radical (unpaired) electrons. The fourth-order valence-corrected chi connectivity index (χ4v) is 2.73. The second-order valence-electron chi connectivity index (χ2n) is 7.04. The monoisotopic (exact) mass is 433 g/mol. The van der Waals surface area contributed by atoms with Gasteiger partial charge in [0.25, 0.3) is 0 Å². The van der Waals surface area contributed by atoms with E-state index >= 15 is 0 Å². The average molecular weight is 433 g/mol. The van der Waals surface area contributed by atoms with Crippen LogP contribution in [0.3, 0.4) is 0 Å². The summed E-state index contributed by atoms with van der Waals surface area (Å²) in [6.45, 7) is 0.921.